The molecule has 1 unspecified atom stereocenters. The molecule has 1 amide bonds. The maximum atomic E-state index is 15.6. The molecule has 4 aliphatic rings. The number of esters is 3. The van der Waals surface area contributed by atoms with Gasteiger partial charge in [-0.1, -0.05) is 88.4 Å². The van der Waals surface area contributed by atoms with Crippen LogP contribution in [0.1, 0.15) is 92.3 Å². The monoisotopic (exact) mass is 899 g/mol. The number of alkyl carbamates (subject to hydrolysis) is 1. The number of Topliss-reactive ketones (excluding diaryl/α,β-unsaturated/α-hetero) is 1. The van der Waals surface area contributed by atoms with Crippen molar-refractivity contribution in [3.63, 3.8) is 0 Å². The van der Waals surface area contributed by atoms with Crippen molar-refractivity contribution in [2.24, 2.45) is 28.1 Å². The van der Waals surface area contributed by atoms with Crippen molar-refractivity contribution in [3.05, 3.63) is 82.9 Å². The Bertz CT molecular complexity index is 2060. The second-order valence-electron chi connectivity index (χ2n) is 19.1. The van der Waals surface area contributed by atoms with Gasteiger partial charge in [-0.3, -0.25) is 14.4 Å². The van der Waals surface area contributed by atoms with Crippen LogP contribution < -0.4 is 5.32 Å². The number of hydrogen-bond acceptors (Lipinski definition) is 12. The van der Waals surface area contributed by atoms with Crippen molar-refractivity contribution in [2.75, 3.05) is 18.4 Å². The third-order valence-electron chi connectivity index (χ3n) is 13.9. The highest BCUT2D eigenvalue weighted by atomic mass is 35.5. The van der Waals surface area contributed by atoms with Gasteiger partial charge in [-0.05, 0) is 68.7 Å². The van der Waals surface area contributed by atoms with Gasteiger partial charge in [0.15, 0.2) is 18.0 Å². The number of carbonyl (C=O) groups excluding carboxylic acids is 5. The van der Waals surface area contributed by atoms with Gasteiger partial charge < -0.3 is 38.8 Å². The van der Waals surface area contributed by atoms with Gasteiger partial charge in [0, 0.05) is 23.7 Å². The molecule has 0 aromatic heterocycles. The largest absolute Gasteiger partial charge is 0.460 e. The molecule has 6 rings (SSSR count). The minimum absolute atomic E-state index is 0.0405. The Balaban J connectivity index is 1.49. The molecule has 15 heteroatoms. The van der Waals surface area contributed by atoms with Crippen LogP contribution >= 0.6 is 23.2 Å². The van der Waals surface area contributed by atoms with Crippen LogP contribution in [0.15, 0.2) is 71.8 Å². The van der Waals surface area contributed by atoms with E-state index in [1.165, 1.54) is 0 Å². The molecule has 3 fully saturated rings. The van der Waals surface area contributed by atoms with E-state index in [1.54, 1.807) is 78.8 Å². The first kappa shape index (κ1) is 47.5. The Morgan fingerprint density at radius 2 is 1.52 bits per heavy atom. The van der Waals surface area contributed by atoms with E-state index in [4.69, 9.17) is 51.6 Å². The van der Waals surface area contributed by atoms with E-state index in [0.717, 1.165) is 5.56 Å². The van der Waals surface area contributed by atoms with Gasteiger partial charge in [-0.15, -0.1) is 23.2 Å². The van der Waals surface area contributed by atoms with Crippen LogP contribution in [-0.2, 0) is 54.2 Å². The minimum Gasteiger partial charge on any atom is -0.460 e. The summed E-state index contributed by atoms with van der Waals surface area (Å²) in [7, 11) is 0. The first-order chi connectivity index (χ1) is 29.0. The molecule has 0 radical (unpaired) electrons. The van der Waals surface area contributed by atoms with Gasteiger partial charge in [0.05, 0.1) is 36.4 Å². The number of alkyl halides is 2. The third-order valence-corrected chi connectivity index (χ3v) is 14.3. The third kappa shape index (κ3) is 8.64. The highest BCUT2D eigenvalue weighted by Gasteiger charge is 2.74. The van der Waals surface area contributed by atoms with Crippen molar-refractivity contribution >= 4 is 53.0 Å². The van der Waals surface area contributed by atoms with Crippen LogP contribution in [-0.4, -0.2) is 95.0 Å². The second-order valence-corrected chi connectivity index (χ2v) is 19.6. The van der Waals surface area contributed by atoms with Crippen molar-refractivity contribution < 1.29 is 57.5 Å². The molecule has 62 heavy (non-hydrogen) atoms. The quantitative estimate of drug-likeness (QED) is 0.0953. The molecule has 3 aliphatic carbocycles. The van der Waals surface area contributed by atoms with E-state index in [2.05, 4.69) is 5.32 Å². The fourth-order valence-corrected chi connectivity index (χ4v) is 11.0. The minimum atomic E-state index is -1.76. The molecular weight excluding hydrogens is 841 g/mol. The second kappa shape index (κ2) is 17.9. The normalized spacial score (nSPS) is 32.3. The summed E-state index contributed by atoms with van der Waals surface area (Å²) in [5.74, 6) is -5.58. The summed E-state index contributed by atoms with van der Waals surface area (Å²) >= 11 is 12.0. The SMILES string of the molecule is CC1=C2[C@@H](OC(=O)CCl)C(=O)[C@@]3(C)C([C@H](C)[C@](O)(C[C@@H]1OC(=O)[C@H](OCc1ccccc1)[C@@H](NC(=O)OC(C)(C)C)c1ccccc1)C2(C)C)[C@]1(C)CO[C@@H]1C[C@@H]3OC(=O)CCl. The summed E-state index contributed by atoms with van der Waals surface area (Å²) in [5, 5.41) is 16.4. The van der Waals surface area contributed by atoms with Crippen molar-refractivity contribution in [1.29, 1.82) is 0 Å². The maximum absolute atomic E-state index is 15.6. The molecule has 338 valence electrons. The fourth-order valence-electron chi connectivity index (χ4n) is 10.9. The molecule has 2 aromatic carbocycles. The lowest BCUT2D eigenvalue weighted by Crippen LogP contribution is -2.75. The molecule has 1 aliphatic heterocycles. The van der Waals surface area contributed by atoms with Gasteiger partial charge in [-0.2, -0.15) is 0 Å². The van der Waals surface area contributed by atoms with Crippen molar-refractivity contribution in [2.45, 2.75) is 130 Å². The highest BCUT2D eigenvalue weighted by Crippen LogP contribution is 2.67. The van der Waals surface area contributed by atoms with Gasteiger partial charge in [0.25, 0.3) is 0 Å². The molecule has 11 atom stereocenters. The Morgan fingerprint density at radius 3 is 2.08 bits per heavy atom. The predicted molar refractivity (Wildman–Crippen MR) is 229 cm³/mol. The fraction of sp³-hybridized carbons (Fsp3) is 0.596. The van der Waals surface area contributed by atoms with Crippen LogP contribution in [0.3, 0.4) is 0 Å². The number of hydrogen-bond donors (Lipinski definition) is 2. The number of aliphatic hydroxyl groups is 1. The zero-order valence-corrected chi connectivity index (χ0v) is 38.3. The lowest BCUT2D eigenvalue weighted by atomic mass is 9.40. The molecule has 2 saturated carbocycles. The molecule has 13 nitrogen and oxygen atoms in total. The Kier molecular flexibility index (Phi) is 13.7. The van der Waals surface area contributed by atoms with Crippen molar-refractivity contribution in [1.82, 2.24) is 5.32 Å². The number of benzene rings is 2. The van der Waals surface area contributed by atoms with E-state index in [0.29, 0.717) is 11.1 Å². The molecule has 1 heterocycles. The summed E-state index contributed by atoms with van der Waals surface area (Å²) < 4.78 is 36.5. The summed E-state index contributed by atoms with van der Waals surface area (Å²) in [6, 6.07) is 16.9. The predicted octanol–water partition coefficient (Wildman–Crippen LogP) is 7.18. The van der Waals surface area contributed by atoms with Gasteiger partial charge >= 0.3 is 24.0 Å². The summed E-state index contributed by atoms with van der Waals surface area (Å²) in [6.45, 7) is 16.2. The number of rotatable bonds is 12. The Labute approximate surface area is 373 Å². The summed E-state index contributed by atoms with van der Waals surface area (Å²) in [6.07, 6.45) is -6.56. The molecule has 2 N–H and O–H groups in total. The molecule has 1 saturated heterocycles. The first-order valence-corrected chi connectivity index (χ1v) is 22.1. The molecular formula is C47H59Cl2NO12. The Hall–Kier alpha value is -4.01. The van der Waals surface area contributed by atoms with Gasteiger partial charge in [0.1, 0.15) is 29.6 Å². The van der Waals surface area contributed by atoms with E-state index >= 15 is 4.79 Å². The number of ketones is 1. The lowest BCUT2D eigenvalue weighted by molar-refractivity contribution is -0.303. The molecule has 2 aromatic rings. The number of amides is 1. The van der Waals surface area contributed by atoms with Crippen LogP contribution in [0.4, 0.5) is 4.79 Å². The van der Waals surface area contributed by atoms with Crippen molar-refractivity contribution in [3.8, 4) is 0 Å². The number of halogens is 2. The van der Waals surface area contributed by atoms with Gasteiger partial charge in [-0.25, -0.2) is 9.59 Å². The number of carbonyl (C=O) groups is 5. The summed E-state index contributed by atoms with van der Waals surface area (Å²) in [5.41, 5.74) is -4.28. The zero-order chi connectivity index (χ0) is 45.6. The standard InChI is InChI=1S/C47H59Cl2NO12/c1-26-30(59-41(54)38(57-24-28-16-12-10-13-17-28)36(29-18-14-11-15-19-29)50-42(55)62-43(3,4)5)21-47(56)27(2)39-45(8)25-58-31(45)20-32(60-33(51)22-48)46(39,9)40(53)37(61-34(52)23-49)35(26)44(47,6)7/h10-19,27,30-32,36-39,56H,20-25H2,1-9H3,(H,50,55)/t27-,30-,31+,32-,36-,37+,38+,39?,45+,46+,47+/m0/s1. The average Bonchev–Trinajstić information content (AvgIpc) is 3.21. The number of ether oxygens (including phenoxy) is 6. The van der Waals surface area contributed by atoms with E-state index in [1.807, 2.05) is 44.2 Å². The Morgan fingerprint density at radius 1 is 0.919 bits per heavy atom. The van der Waals surface area contributed by atoms with Crippen LogP contribution in [0.2, 0.25) is 0 Å². The smallest absolute Gasteiger partial charge is 0.408 e. The molecule has 2 bridgehead atoms. The number of nitrogens with one attached hydrogen (secondary N) is 1. The maximum Gasteiger partial charge on any atom is 0.408 e. The van der Waals surface area contributed by atoms with Crippen LogP contribution in [0.25, 0.3) is 0 Å². The van der Waals surface area contributed by atoms with Crippen LogP contribution in [0.5, 0.6) is 0 Å². The lowest BCUT2D eigenvalue weighted by Gasteiger charge is -2.68. The van der Waals surface area contributed by atoms with Gasteiger partial charge in [0.2, 0.25) is 0 Å². The summed E-state index contributed by atoms with van der Waals surface area (Å²) in [4.78, 5) is 70.2. The topological polar surface area (TPSA) is 173 Å². The zero-order valence-electron chi connectivity index (χ0n) is 36.8. The number of fused-ring (bicyclic) bond motifs is 5. The average molecular weight is 901 g/mol. The highest BCUT2D eigenvalue weighted by molar-refractivity contribution is 6.26. The van der Waals surface area contributed by atoms with Crippen LogP contribution in [0, 0.1) is 28.1 Å². The van der Waals surface area contributed by atoms with E-state index in [9.17, 15) is 24.3 Å². The molecule has 0 spiro atoms. The first-order valence-electron chi connectivity index (χ1n) is 21.0. The van der Waals surface area contributed by atoms with E-state index in [-0.39, 0.29) is 31.6 Å². The van der Waals surface area contributed by atoms with E-state index < -0.39 is 117 Å².